The van der Waals surface area contributed by atoms with Gasteiger partial charge in [0.15, 0.2) is 0 Å². The number of rotatable bonds is 2. The Morgan fingerprint density at radius 1 is 0.944 bits per heavy atom. The maximum atomic E-state index is 7.50. The summed E-state index contributed by atoms with van der Waals surface area (Å²) in [6.07, 6.45) is 12.8. The van der Waals surface area contributed by atoms with Crippen molar-refractivity contribution in [1.29, 1.82) is 0 Å². The standard InChI is InChI=1S/C5H9O.C5H5.3CO.Mo/c1-2-3-5-4-6-5;1-2-4-5-3-1;3*1-2;/h5H,1-4H2;1-5H;;;;/q-1;;;;;. The van der Waals surface area contributed by atoms with E-state index < -0.39 is 0 Å². The van der Waals surface area contributed by atoms with Gasteiger partial charge in [0.1, 0.15) is 0 Å². The molecule has 2 rings (SSSR count). The predicted octanol–water partition coefficient (Wildman–Crippen LogP) is 1.91. The summed E-state index contributed by atoms with van der Waals surface area (Å²) in [6, 6.07) is 0. The van der Waals surface area contributed by atoms with Gasteiger partial charge in [-0.15, -0.1) is 0 Å². The van der Waals surface area contributed by atoms with Gasteiger partial charge in [-0.2, -0.15) is 6.42 Å². The predicted molar refractivity (Wildman–Crippen MR) is 57.6 cm³/mol. The SMILES string of the molecule is [C-]#[O+].[C-]#[O+].[C-]#[O+].[CH2-]CCC1CO1.[CH]1[CH][CH][CH][CH]1.[Mo]. The van der Waals surface area contributed by atoms with Crippen LogP contribution in [0.5, 0.6) is 0 Å². The first-order chi connectivity index (χ1) is 8.43. The zero-order chi connectivity index (χ0) is 13.9. The molecule has 1 aliphatic heterocycles. The second-order valence-corrected chi connectivity index (χ2v) is 2.56. The summed E-state index contributed by atoms with van der Waals surface area (Å²) < 4.78 is 27.4. The van der Waals surface area contributed by atoms with Crippen molar-refractivity contribution >= 4 is 0 Å². The minimum Gasteiger partial charge on any atom is -0.373 e. The van der Waals surface area contributed by atoms with Crippen LogP contribution in [0.4, 0.5) is 0 Å². The first kappa shape index (κ1) is 26.4. The van der Waals surface area contributed by atoms with E-state index >= 15 is 0 Å². The van der Waals surface area contributed by atoms with Gasteiger partial charge >= 0.3 is 33.9 Å². The molecule has 0 bridgehead atoms. The van der Waals surface area contributed by atoms with Gasteiger partial charge in [0.25, 0.3) is 0 Å². The van der Waals surface area contributed by atoms with Crippen molar-refractivity contribution in [1.82, 2.24) is 0 Å². The van der Waals surface area contributed by atoms with Gasteiger partial charge in [-0.3, -0.25) is 0 Å². The third-order valence-corrected chi connectivity index (χ3v) is 1.48. The number of epoxide rings is 1. The molecular weight excluding hydrogens is 316 g/mol. The van der Waals surface area contributed by atoms with Crippen LogP contribution in [0.2, 0.25) is 0 Å². The molecule has 0 aromatic carbocycles. The quantitative estimate of drug-likeness (QED) is 0.330. The number of hydrogen-bond acceptors (Lipinski definition) is 1. The zero-order valence-electron chi connectivity index (χ0n) is 9.83. The summed E-state index contributed by atoms with van der Waals surface area (Å²) >= 11 is 0. The van der Waals surface area contributed by atoms with Crippen molar-refractivity contribution in [3.05, 3.63) is 59.0 Å². The van der Waals surface area contributed by atoms with Gasteiger partial charge in [-0.05, 0) is 32.1 Å². The monoisotopic (exact) mass is 332 g/mol. The molecule has 2 fully saturated rings. The van der Waals surface area contributed by atoms with E-state index in [0.29, 0.717) is 6.10 Å². The summed E-state index contributed by atoms with van der Waals surface area (Å²) in [7, 11) is 0. The fraction of sp³-hybridized carbons (Fsp3) is 0.308. The summed E-state index contributed by atoms with van der Waals surface area (Å²) in [4.78, 5) is 0. The van der Waals surface area contributed by atoms with Crippen LogP contribution >= 0.6 is 0 Å². The average molecular weight is 330 g/mol. The van der Waals surface area contributed by atoms with Gasteiger partial charge in [-0.1, -0.05) is 6.42 Å². The van der Waals surface area contributed by atoms with E-state index in [9.17, 15) is 0 Å². The number of ether oxygens (including phenoxy) is 1. The van der Waals surface area contributed by atoms with Gasteiger partial charge in [0.2, 0.25) is 0 Å². The molecule has 1 atom stereocenters. The minimum absolute atomic E-state index is 0. The molecule has 5 heteroatoms. The smallest absolute Gasteiger partial charge is 0.0785 e. The van der Waals surface area contributed by atoms with E-state index in [4.69, 9.17) is 18.7 Å². The maximum Gasteiger partial charge on any atom is 0.0785 e. The van der Waals surface area contributed by atoms with Crippen LogP contribution in [0.3, 0.4) is 0 Å². The normalized spacial score (nSPS) is 17.2. The Morgan fingerprint density at radius 2 is 1.22 bits per heavy atom. The molecule has 1 unspecified atom stereocenters. The van der Waals surface area contributed by atoms with Gasteiger partial charge in [-0.25, -0.2) is 0 Å². The summed E-state index contributed by atoms with van der Waals surface area (Å²) in [5.74, 6) is 0. The molecule has 0 aromatic rings. The first-order valence-corrected chi connectivity index (χ1v) is 4.62. The van der Waals surface area contributed by atoms with Crippen LogP contribution in [0.15, 0.2) is 0 Å². The Kier molecular flexibility index (Phi) is 44.3. The number of hydrogen-bond donors (Lipinski definition) is 0. The Hall–Kier alpha value is -0.132. The van der Waals surface area contributed by atoms with E-state index in [1.165, 1.54) is 0 Å². The third-order valence-electron chi connectivity index (χ3n) is 1.48. The molecule has 5 radical (unpaired) electrons. The summed E-state index contributed by atoms with van der Waals surface area (Å²) in [5, 5.41) is 0. The van der Waals surface area contributed by atoms with Crippen molar-refractivity contribution in [3.8, 4) is 0 Å². The van der Waals surface area contributed by atoms with Crippen LogP contribution in [0, 0.1) is 59.0 Å². The van der Waals surface area contributed by atoms with Crippen LogP contribution < -0.4 is 0 Å². The molecule has 4 nitrogen and oxygen atoms in total. The molecule has 1 heterocycles. The molecule has 1 saturated carbocycles. The molecule has 1 saturated heterocycles. The van der Waals surface area contributed by atoms with Crippen LogP contribution in [-0.4, -0.2) is 12.7 Å². The second kappa shape index (κ2) is 30.2. The third kappa shape index (κ3) is 29.7. The molecule has 0 N–H and O–H groups in total. The van der Waals surface area contributed by atoms with Crippen LogP contribution in [0.25, 0.3) is 0 Å². The van der Waals surface area contributed by atoms with Gasteiger partial charge < -0.3 is 11.7 Å². The maximum absolute atomic E-state index is 7.50. The molecule has 18 heavy (non-hydrogen) atoms. The van der Waals surface area contributed by atoms with Crippen molar-refractivity contribution in [2.45, 2.75) is 18.9 Å². The topological polar surface area (TPSA) is 72.2 Å². The van der Waals surface area contributed by atoms with Crippen molar-refractivity contribution in [2.75, 3.05) is 6.61 Å². The van der Waals surface area contributed by atoms with Crippen molar-refractivity contribution in [3.63, 3.8) is 0 Å². The van der Waals surface area contributed by atoms with E-state index in [-0.39, 0.29) is 21.1 Å². The second-order valence-electron chi connectivity index (χ2n) is 2.56. The van der Waals surface area contributed by atoms with E-state index in [0.717, 1.165) is 19.4 Å². The van der Waals surface area contributed by atoms with Crippen molar-refractivity contribution < 1.29 is 39.8 Å². The minimum atomic E-state index is 0. The fourth-order valence-electron chi connectivity index (χ4n) is 0.783. The zero-order valence-corrected chi connectivity index (χ0v) is 11.8. The molecular formula is C13H14MoO4-. The van der Waals surface area contributed by atoms with Gasteiger partial charge in [0.05, 0.1) is 12.7 Å². The molecule has 0 aromatic heterocycles. The largest absolute Gasteiger partial charge is 0.373 e. The van der Waals surface area contributed by atoms with Crippen LogP contribution in [-0.2, 0) is 39.8 Å². The summed E-state index contributed by atoms with van der Waals surface area (Å²) in [5.41, 5.74) is 0. The molecule has 1 aliphatic carbocycles. The van der Waals surface area contributed by atoms with Crippen LogP contribution in [0.1, 0.15) is 12.8 Å². The Balaban J connectivity index is -0.0000000750. The molecule has 2 aliphatic rings. The Morgan fingerprint density at radius 3 is 1.33 bits per heavy atom. The Labute approximate surface area is 124 Å². The summed E-state index contributed by atoms with van der Waals surface area (Å²) in [6.45, 7) is 18.2. The molecule has 0 amide bonds. The molecule has 0 spiro atoms. The average Bonchev–Trinajstić information content (AvgIpc) is 3.06. The Bertz CT molecular complexity index is 159. The van der Waals surface area contributed by atoms with E-state index in [1.807, 2.05) is 32.1 Å². The van der Waals surface area contributed by atoms with Crippen molar-refractivity contribution in [2.24, 2.45) is 0 Å². The van der Waals surface area contributed by atoms with E-state index in [1.54, 1.807) is 0 Å². The van der Waals surface area contributed by atoms with Gasteiger partial charge in [0, 0.05) is 21.1 Å². The fourth-order valence-corrected chi connectivity index (χ4v) is 0.783. The first-order valence-electron chi connectivity index (χ1n) is 4.62. The molecule has 97 valence electrons. The van der Waals surface area contributed by atoms with E-state index in [2.05, 4.69) is 26.9 Å².